The lowest BCUT2D eigenvalue weighted by atomic mass is 10.00. The molecule has 1 aliphatic rings. The largest absolute Gasteiger partial charge is 0.309 e. The standard InChI is InChI=1S/C10H17Cl2N/c1-8(9-4-2-3-5-9)13-7-10(12)6-11/h6,8-9,13H,2-5,7H2,1H3/t8-/m0/s1. The van der Waals surface area contributed by atoms with Gasteiger partial charge in [-0.25, -0.2) is 0 Å². The summed E-state index contributed by atoms with van der Waals surface area (Å²) < 4.78 is 0. The number of halogens is 2. The Morgan fingerprint density at radius 1 is 1.54 bits per heavy atom. The summed E-state index contributed by atoms with van der Waals surface area (Å²) in [5, 5.41) is 4.08. The number of rotatable bonds is 4. The third-order valence-electron chi connectivity index (χ3n) is 2.82. The molecule has 0 radical (unpaired) electrons. The van der Waals surface area contributed by atoms with E-state index in [9.17, 15) is 0 Å². The van der Waals surface area contributed by atoms with Gasteiger partial charge in [0.15, 0.2) is 0 Å². The molecule has 0 bridgehead atoms. The Morgan fingerprint density at radius 3 is 2.69 bits per heavy atom. The highest BCUT2D eigenvalue weighted by Crippen LogP contribution is 2.27. The van der Waals surface area contributed by atoms with Crippen LogP contribution >= 0.6 is 23.2 Å². The van der Waals surface area contributed by atoms with Crippen molar-refractivity contribution in [2.75, 3.05) is 6.54 Å². The van der Waals surface area contributed by atoms with Crippen LogP contribution in [0.2, 0.25) is 0 Å². The number of hydrogen-bond donors (Lipinski definition) is 1. The summed E-state index contributed by atoms with van der Waals surface area (Å²) in [6.07, 6.45) is 5.48. The second kappa shape index (κ2) is 5.90. The molecule has 0 heterocycles. The van der Waals surface area contributed by atoms with Gasteiger partial charge >= 0.3 is 0 Å². The van der Waals surface area contributed by atoms with Crippen molar-refractivity contribution in [2.24, 2.45) is 5.92 Å². The van der Waals surface area contributed by atoms with Gasteiger partial charge in [-0.15, -0.1) is 0 Å². The molecule has 13 heavy (non-hydrogen) atoms. The zero-order chi connectivity index (χ0) is 9.68. The summed E-state index contributed by atoms with van der Waals surface area (Å²) in [7, 11) is 0. The monoisotopic (exact) mass is 221 g/mol. The Hall–Kier alpha value is 0.280. The minimum absolute atomic E-state index is 0.563. The second-order valence-corrected chi connectivity index (χ2v) is 4.47. The normalized spacial score (nSPS) is 22.2. The van der Waals surface area contributed by atoms with Crippen molar-refractivity contribution in [3.63, 3.8) is 0 Å². The topological polar surface area (TPSA) is 12.0 Å². The average Bonchev–Trinajstić information content (AvgIpc) is 2.66. The lowest BCUT2D eigenvalue weighted by Crippen LogP contribution is -2.33. The molecule has 0 aromatic rings. The summed E-state index contributed by atoms with van der Waals surface area (Å²) in [5.41, 5.74) is 1.43. The maximum absolute atomic E-state index is 5.78. The van der Waals surface area contributed by atoms with E-state index in [-0.39, 0.29) is 0 Å². The van der Waals surface area contributed by atoms with Crippen molar-refractivity contribution < 1.29 is 0 Å². The number of hydrogen-bond acceptors (Lipinski definition) is 1. The van der Waals surface area contributed by atoms with E-state index in [1.807, 2.05) is 0 Å². The second-order valence-electron chi connectivity index (χ2n) is 3.77. The molecular weight excluding hydrogens is 205 g/mol. The van der Waals surface area contributed by atoms with Gasteiger partial charge in [-0.1, -0.05) is 36.0 Å². The molecule has 1 rings (SSSR count). The molecule has 0 aromatic carbocycles. The minimum atomic E-state index is 0.563. The molecule has 0 aliphatic heterocycles. The molecule has 1 nitrogen and oxygen atoms in total. The molecule has 0 unspecified atom stereocenters. The van der Waals surface area contributed by atoms with Crippen molar-refractivity contribution in [1.82, 2.24) is 5.32 Å². The van der Waals surface area contributed by atoms with Crippen molar-refractivity contribution in [2.45, 2.75) is 38.6 Å². The Balaban J connectivity index is 2.20. The third-order valence-corrected chi connectivity index (χ3v) is 3.44. The van der Waals surface area contributed by atoms with Gasteiger partial charge in [0, 0.05) is 23.2 Å². The molecule has 1 aliphatic carbocycles. The van der Waals surface area contributed by atoms with Gasteiger partial charge in [0.2, 0.25) is 0 Å². The molecule has 1 saturated carbocycles. The number of nitrogens with one attached hydrogen (secondary N) is 1. The van der Waals surface area contributed by atoms with Crippen molar-refractivity contribution in [3.8, 4) is 0 Å². The molecular formula is C10H17Cl2N. The highest BCUT2D eigenvalue weighted by Gasteiger charge is 2.20. The zero-order valence-corrected chi connectivity index (χ0v) is 9.54. The molecule has 0 saturated heterocycles. The Morgan fingerprint density at radius 2 is 2.15 bits per heavy atom. The van der Waals surface area contributed by atoms with E-state index in [4.69, 9.17) is 23.2 Å². The van der Waals surface area contributed by atoms with E-state index in [0.29, 0.717) is 17.6 Å². The average molecular weight is 222 g/mol. The van der Waals surface area contributed by atoms with Gasteiger partial charge in [0.05, 0.1) is 0 Å². The van der Waals surface area contributed by atoms with Crippen molar-refractivity contribution >= 4 is 23.2 Å². The molecule has 3 heteroatoms. The van der Waals surface area contributed by atoms with Crippen LogP contribution in [0.25, 0.3) is 0 Å². The van der Waals surface area contributed by atoms with Gasteiger partial charge in [-0.3, -0.25) is 0 Å². The lowest BCUT2D eigenvalue weighted by molar-refractivity contribution is 0.394. The maximum atomic E-state index is 5.78. The van der Waals surface area contributed by atoms with Crippen LogP contribution in [-0.4, -0.2) is 12.6 Å². The van der Waals surface area contributed by atoms with Crippen LogP contribution in [0.4, 0.5) is 0 Å². The maximum Gasteiger partial charge on any atom is 0.0431 e. The quantitative estimate of drug-likeness (QED) is 0.767. The highest BCUT2D eigenvalue weighted by atomic mass is 35.5. The molecule has 76 valence electrons. The van der Waals surface area contributed by atoms with Crippen LogP contribution in [0.5, 0.6) is 0 Å². The first-order valence-electron chi connectivity index (χ1n) is 4.92. The van der Waals surface area contributed by atoms with Crippen molar-refractivity contribution in [1.29, 1.82) is 0 Å². The van der Waals surface area contributed by atoms with Gasteiger partial charge in [0.25, 0.3) is 0 Å². The predicted octanol–water partition coefficient (Wildman–Crippen LogP) is 3.47. The van der Waals surface area contributed by atoms with Crippen LogP contribution in [0.15, 0.2) is 10.6 Å². The van der Waals surface area contributed by atoms with Gasteiger partial charge in [-0.2, -0.15) is 0 Å². The fraction of sp³-hybridized carbons (Fsp3) is 0.800. The van der Waals surface area contributed by atoms with Gasteiger partial charge in [0.1, 0.15) is 0 Å². The molecule has 1 fully saturated rings. The van der Waals surface area contributed by atoms with Crippen LogP contribution < -0.4 is 5.32 Å². The van der Waals surface area contributed by atoms with Gasteiger partial charge < -0.3 is 5.32 Å². The first kappa shape index (κ1) is 11.4. The zero-order valence-electron chi connectivity index (χ0n) is 8.02. The van der Waals surface area contributed by atoms with Crippen molar-refractivity contribution in [3.05, 3.63) is 10.6 Å². The predicted molar refractivity (Wildman–Crippen MR) is 59.2 cm³/mol. The van der Waals surface area contributed by atoms with E-state index in [0.717, 1.165) is 5.92 Å². The summed E-state index contributed by atoms with van der Waals surface area (Å²) in [5.74, 6) is 0.833. The summed E-state index contributed by atoms with van der Waals surface area (Å²) in [6.45, 7) is 2.93. The molecule has 1 N–H and O–H groups in total. The fourth-order valence-corrected chi connectivity index (χ4v) is 2.08. The van der Waals surface area contributed by atoms with E-state index in [2.05, 4.69) is 12.2 Å². The molecule has 0 amide bonds. The van der Waals surface area contributed by atoms with Crippen LogP contribution in [-0.2, 0) is 0 Å². The van der Waals surface area contributed by atoms with E-state index >= 15 is 0 Å². The SMILES string of the molecule is C[C@H](NCC(Cl)=CCl)C1CCCC1. The van der Waals surface area contributed by atoms with Crippen LogP contribution in [0, 0.1) is 5.92 Å². The first-order valence-corrected chi connectivity index (χ1v) is 5.73. The highest BCUT2D eigenvalue weighted by molar-refractivity contribution is 6.36. The fourth-order valence-electron chi connectivity index (χ4n) is 1.92. The third kappa shape index (κ3) is 3.88. The smallest absolute Gasteiger partial charge is 0.0431 e. The van der Waals surface area contributed by atoms with Crippen LogP contribution in [0.3, 0.4) is 0 Å². The summed E-state index contributed by atoms with van der Waals surface area (Å²) in [4.78, 5) is 0. The minimum Gasteiger partial charge on any atom is -0.309 e. The Bertz CT molecular complexity index is 174. The van der Waals surface area contributed by atoms with E-state index in [1.54, 1.807) is 0 Å². The van der Waals surface area contributed by atoms with E-state index in [1.165, 1.54) is 31.2 Å². The molecule has 0 spiro atoms. The lowest BCUT2D eigenvalue weighted by Gasteiger charge is -2.19. The molecule has 0 aromatic heterocycles. The van der Waals surface area contributed by atoms with E-state index < -0.39 is 0 Å². The Kier molecular flexibility index (Phi) is 5.15. The molecule has 1 atom stereocenters. The summed E-state index contributed by atoms with van der Waals surface area (Å²) in [6, 6.07) is 0.563. The van der Waals surface area contributed by atoms with Gasteiger partial charge in [-0.05, 0) is 25.7 Å². The van der Waals surface area contributed by atoms with Crippen LogP contribution in [0.1, 0.15) is 32.6 Å². The Labute approximate surface area is 90.5 Å². The first-order chi connectivity index (χ1) is 6.24. The summed E-state index contributed by atoms with van der Waals surface area (Å²) >= 11 is 11.2.